The van der Waals surface area contributed by atoms with E-state index in [0.717, 1.165) is 0 Å². The van der Waals surface area contributed by atoms with Crippen LogP contribution in [0.2, 0.25) is 0 Å². The number of hydrogen-bond donors (Lipinski definition) is 0. The first-order valence-electron chi connectivity index (χ1n) is 11.0. The van der Waals surface area contributed by atoms with E-state index in [2.05, 4.69) is 20.1 Å². The van der Waals surface area contributed by atoms with Crippen LogP contribution in [0.15, 0.2) is 42.7 Å². The predicted molar refractivity (Wildman–Crippen MR) is 127 cm³/mol. The van der Waals surface area contributed by atoms with E-state index >= 15 is 0 Å². The molecule has 0 aliphatic rings. The Bertz CT molecular complexity index is 1840. The van der Waals surface area contributed by atoms with E-state index < -0.39 is 35.4 Å². The van der Waals surface area contributed by atoms with Crippen molar-refractivity contribution >= 4 is 37.4 Å². The number of aryl methyl sites for hydroxylation is 1. The molecule has 2 aromatic carbocycles. The highest BCUT2D eigenvalue weighted by atomic mass is 32.1. The molecule has 4 heterocycles. The largest absolute Gasteiger partial charge is 0.483 e. The Balaban J connectivity index is 1.32. The van der Waals surface area contributed by atoms with Gasteiger partial charge in [0.05, 0.1) is 5.52 Å². The quantitative estimate of drug-likeness (QED) is 0.174. The van der Waals surface area contributed by atoms with Crippen molar-refractivity contribution < 1.29 is 31.1 Å². The van der Waals surface area contributed by atoms with E-state index in [1.165, 1.54) is 28.2 Å². The van der Waals surface area contributed by atoms with Gasteiger partial charge in [0.2, 0.25) is 11.6 Å². The number of thiophene rings is 1. The highest BCUT2D eigenvalue weighted by Crippen LogP contribution is 2.37. The Morgan fingerprint density at radius 3 is 2.37 bits per heavy atom. The Kier molecular flexibility index (Phi) is 5.67. The average Bonchev–Trinajstić information content (AvgIpc) is 3.49. The maximum absolute atomic E-state index is 13.8. The van der Waals surface area contributed by atoms with E-state index in [1.807, 2.05) is 0 Å². The summed E-state index contributed by atoms with van der Waals surface area (Å²) < 4.78 is 88.0. The summed E-state index contributed by atoms with van der Waals surface area (Å²) in [5.74, 6) is -7.16. The van der Waals surface area contributed by atoms with Gasteiger partial charge in [0.1, 0.15) is 28.2 Å². The molecule has 0 spiro atoms. The number of pyridine rings is 1. The molecule has 0 fully saturated rings. The van der Waals surface area contributed by atoms with Crippen LogP contribution < -0.4 is 4.74 Å². The van der Waals surface area contributed by atoms with Gasteiger partial charge in [-0.2, -0.15) is 8.78 Å². The average molecular weight is 545 g/mol. The normalized spacial score (nSPS) is 11.9. The van der Waals surface area contributed by atoms with Crippen molar-refractivity contribution in [1.29, 1.82) is 0 Å². The summed E-state index contributed by atoms with van der Waals surface area (Å²) in [6.07, 6.45) is -1.22. The fraction of sp³-hybridized carbons (Fsp3) is 0.120. The third-order valence-corrected chi connectivity index (χ3v) is 6.94. The number of hydrogen-bond acceptors (Lipinski definition) is 6. The molecule has 0 bridgehead atoms. The van der Waals surface area contributed by atoms with E-state index in [4.69, 9.17) is 4.74 Å². The Labute approximate surface area is 213 Å². The summed E-state index contributed by atoms with van der Waals surface area (Å²) >= 11 is 1.20. The van der Waals surface area contributed by atoms with E-state index in [0.29, 0.717) is 48.6 Å². The molecule has 6 rings (SSSR count). The molecule has 0 unspecified atom stereocenters. The topological polar surface area (TPSA) is 65.2 Å². The summed E-state index contributed by atoms with van der Waals surface area (Å²) in [5, 5.41) is 5.11. The van der Waals surface area contributed by atoms with Gasteiger partial charge in [-0.15, -0.1) is 16.4 Å². The van der Waals surface area contributed by atoms with Crippen LogP contribution in [0.3, 0.4) is 0 Å². The summed E-state index contributed by atoms with van der Waals surface area (Å²) in [4.78, 5) is 13.5. The second-order valence-electron chi connectivity index (χ2n) is 8.36. The van der Waals surface area contributed by atoms with Crippen LogP contribution >= 0.6 is 11.3 Å². The molecule has 0 saturated heterocycles. The zero-order chi connectivity index (χ0) is 26.7. The SMILES string of the molecule is Cc1cc(C(F)F)nc2sc3c(ncn4nc(-c5ccc(COc6c(F)c(F)cc(F)c6F)cc5)nc34)c12. The maximum Gasteiger partial charge on any atom is 0.280 e. The molecule has 13 heteroatoms. The number of aromatic nitrogens is 5. The van der Waals surface area contributed by atoms with Crippen molar-refractivity contribution in [3.05, 3.63) is 82.8 Å². The second-order valence-corrected chi connectivity index (χ2v) is 9.35. The van der Waals surface area contributed by atoms with Crippen LogP contribution in [0.1, 0.15) is 23.2 Å². The molecule has 0 saturated carbocycles. The van der Waals surface area contributed by atoms with E-state index in [9.17, 15) is 26.3 Å². The first kappa shape index (κ1) is 24.1. The van der Waals surface area contributed by atoms with Crippen molar-refractivity contribution in [1.82, 2.24) is 24.6 Å². The molecule has 38 heavy (non-hydrogen) atoms. The lowest BCUT2D eigenvalue weighted by atomic mass is 10.1. The van der Waals surface area contributed by atoms with Gasteiger partial charge in [-0.25, -0.2) is 37.0 Å². The number of fused-ring (bicyclic) bond motifs is 5. The number of ether oxygens (including phenoxy) is 1. The van der Waals surface area contributed by atoms with Crippen LogP contribution in [-0.4, -0.2) is 24.6 Å². The lowest BCUT2D eigenvalue weighted by Crippen LogP contribution is -2.03. The van der Waals surface area contributed by atoms with E-state index in [1.54, 1.807) is 31.2 Å². The molecule has 0 amide bonds. The van der Waals surface area contributed by atoms with Crippen LogP contribution in [0.4, 0.5) is 26.3 Å². The highest BCUT2D eigenvalue weighted by molar-refractivity contribution is 7.26. The van der Waals surface area contributed by atoms with Gasteiger partial charge in [-0.05, 0) is 24.1 Å². The molecule has 0 atom stereocenters. The van der Waals surface area contributed by atoms with Gasteiger partial charge >= 0.3 is 0 Å². The Hall–Kier alpha value is -4.26. The highest BCUT2D eigenvalue weighted by Gasteiger charge is 2.21. The molecule has 0 radical (unpaired) electrons. The summed E-state index contributed by atoms with van der Waals surface area (Å²) in [5.41, 5.74) is 2.44. The van der Waals surface area contributed by atoms with Crippen molar-refractivity contribution in [2.75, 3.05) is 0 Å². The number of rotatable bonds is 5. The molecule has 0 aliphatic heterocycles. The van der Waals surface area contributed by atoms with Crippen molar-refractivity contribution in [3.63, 3.8) is 0 Å². The van der Waals surface area contributed by atoms with Crippen molar-refractivity contribution in [2.24, 2.45) is 0 Å². The van der Waals surface area contributed by atoms with Gasteiger partial charge in [-0.3, -0.25) is 0 Å². The minimum atomic E-state index is -2.70. The van der Waals surface area contributed by atoms with Crippen molar-refractivity contribution in [2.45, 2.75) is 20.0 Å². The van der Waals surface area contributed by atoms with Gasteiger partial charge in [0.25, 0.3) is 6.43 Å². The molecule has 4 aromatic heterocycles. The van der Waals surface area contributed by atoms with E-state index in [-0.39, 0.29) is 18.4 Å². The van der Waals surface area contributed by atoms with Crippen LogP contribution in [-0.2, 0) is 6.61 Å². The summed E-state index contributed by atoms with van der Waals surface area (Å²) in [7, 11) is 0. The molecule has 0 N–H and O–H groups in total. The smallest absolute Gasteiger partial charge is 0.280 e. The third-order valence-electron chi connectivity index (χ3n) is 5.87. The fourth-order valence-electron chi connectivity index (χ4n) is 4.05. The van der Waals surface area contributed by atoms with Gasteiger partial charge < -0.3 is 4.74 Å². The zero-order valence-corrected chi connectivity index (χ0v) is 20.0. The standard InChI is InChI=1S/C25H13F6N5OS/c1-10-6-15(22(30)31)33-25-16(10)19-21(38-25)24-34-23(35-36(24)9-32-19)12-4-2-11(3-5-12)8-37-20-17(28)13(26)7-14(27)18(20)29/h2-7,9,22H,8H2,1H3. The van der Waals surface area contributed by atoms with Gasteiger partial charge in [0, 0.05) is 17.0 Å². The van der Waals surface area contributed by atoms with Gasteiger partial charge in [-0.1, -0.05) is 24.3 Å². The third kappa shape index (κ3) is 3.90. The fourth-order valence-corrected chi connectivity index (χ4v) is 5.24. The van der Waals surface area contributed by atoms with Gasteiger partial charge in [0.15, 0.2) is 28.9 Å². The molecule has 6 nitrogen and oxygen atoms in total. The predicted octanol–water partition coefficient (Wildman–Crippen LogP) is 6.94. The number of nitrogens with zero attached hydrogens (tertiary/aromatic N) is 5. The summed E-state index contributed by atoms with van der Waals surface area (Å²) in [6, 6.07) is 7.90. The molecule has 6 aromatic rings. The summed E-state index contributed by atoms with van der Waals surface area (Å²) in [6.45, 7) is 1.37. The van der Waals surface area contributed by atoms with Crippen LogP contribution in [0.5, 0.6) is 5.75 Å². The lowest BCUT2D eigenvalue weighted by molar-refractivity contribution is 0.146. The number of alkyl halides is 2. The van der Waals surface area contributed by atoms with Crippen molar-refractivity contribution in [3.8, 4) is 17.1 Å². The van der Waals surface area contributed by atoms with Crippen LogP contribution in [0.25, 0.3) is 37.5 Å². The van der Waals surface area contributed by atoms with Crippen LogP contribution in [0, 0.1) is 30.2 Å². The molecular formula is C25H13F6N5OS. The molecule has 192 valence electrons. The lowest BCUT2D eigenvalue weighted by Gasteiger charge is -2.09. The minimum absolute atomic E-state index is 0.106. The second kappa shape index (κ2) is 8.94. The number of halogens is 6. The zero-order valence-electron chi connectivity index (χ0n) is 19.1. The Morgan fingerprint density at radius 1 is 0.974 bits per heavy atom. The first-order chi connectivity index (χ1) is 18.2. The Morgan fingerprint density at radius 2 is 1.68 bits per heavy atom. The molecule has 0 aliphatic carbocycles. The number of benzene rings is 2. The minimum Gasteiger partial charge on any atom is -0.483 e. The maximum atomic E-state index is 13.8. The monoisotopic (exact) mass is 545 g/mol. The first-order valence-corrected chi connectivity index (χ1v) is 11.8. The molecular weight excluding hydrogens is 532 g/mol.